The number of aliphatic hydroxyl groups excluding tert-OH is 1. The van der Waals surface area contributed by atoms with Gasteiger partial charge in [0.1, 0.15) is 0 Å². The fraction of sp³-hybridized carbons (Fsp3) is 0.727. The van der Waals surface area contributed by atoms with Crippen molar-refractivity contribution in [1.82, 2.24) is 4.98 Å². The summed E-state index contributed by atoms with van der Waals surface area (Å²) in [5.41, 5.74) is 0.832. The van der Waals surface area contributed by atoms with Gasteiger partial charge in [0.25, 0.3) is 0 Å². The maximum atomic E-state index is 8.89. The van der Waals surface area contributed by atoms with Crippen molar-refractivity contribution in [2.75, 3.05) is 11.5 Å². The third-order valence-corrected chi connectivity index (χ3v) is 4.41. The average Bonchev–Trinajstić information content (AvgIpc) is 2.81. The molecule has 1 fully saturated rings. The second kappa shape index (κ2) is 7.25. The van der Waals surface area contributed by atoms with E-state index in [1.807, 2.05) is 31.0 Å². The predicted octanol–water partition coefficient (Wildman–Crippen LogP) is 3.27. The highest BCUT2D eigenvalue weighted by atomic mass is 32.2. The molecule has 86 valence electrons. The maximum absolute atomic E-state index is 8.89. The first-order chi connectivity index (χ1) is 7.40. The molecule has 1 aromatic rings. The van der Waals surface area contributed by atoms with Crippen LogP contribution in [-0.2, 0) is 6.61 Å². The maximum Gasteiger partial charge on any atom is 0.0960 e. The molecule has 0 spiro atoms. The fourth-order valence-corrected chi connectivity index (χ4v) is 3.62. The molecule has 2 rings (SSSR count). The zero-order chi connectivity index (χ0) is 11.1. The molecule has 1 aliphatic rings. The van der Waals surface area contributed by atoms with Gasteiger partial charge >= 0.3 is 0 Å². The number of aliphatic hydroxyl groups is 1. The molecule has 2 nitrogen and oxygen atoms in total. The SMILES string of the molecule is CC.OCc1csc(C2CCSCC2)n1. The second-order valence-electron chi connectivity index (χ2n) is 3.22. The highest BCUT2D eigenvalue weighted by Gasteiger charge is 2.18. The first-order valence-corrected chi connectivity index (χ1v) is 7.56. The first kappa shape index (κ1) is 13.0. The molecule has 1 N–H and O–H groups in total. The smallest absolute Gasteiger partial charge is 0.0960 e. The quantitative estimate of drug-likeness (QED) is 0.868. The number of rotatable bonds is 2. The molecule has 2 heterocycles. The Morgan fingerprint density at radius 3 is 2.60 bits per heavy atom. The minimum Gasteiger partial charge on any atom is -0.390 e. The Balaban J connectivity index is 0.000000531. The average molecular weight is 245 g/mol. The minimum absolute atomic E-state index is 0.0813. The minimum atomic E-state index is 0.0813. The molecule has 0 aliphatic carbocycles. The number of hydrogen-bond acceptors (Lipinski definition) is 4. The van der Waals surface area contributed by atoms with Crippen molar-refractivity contribution in [3.63, 3.8) is 0 Å². The topological polar surface area (TPSA) is 33.1 Å². The van der Waals surface area contributed by atoms with E-state index in [0.717, 1.165) is 5.69 Å². The number of thioether (sulfide) groups is 1. The van der Waals surface area contributed by atoms with Crippen LogP contribution in [0.15, 0.2) is 5.38 Å². The van der Waals surface area contributed by atoms with E-state index in [0.29, 0.717) is 5.92 Å². The van der Waals surface area contributed by atoms with Gasteiger partial charge in [0.2, 0.25) is 0 Å². The third kappa shape index (κ3) is 3.78. The summed E-state index contributed by atoms with van der Waals surface area (Å²) in [5.74, 6) is 3.18. The zero-order valence-electron chi connectivity index (χ0n) is 9.40. The van der Waals surface area contributed by atoms with Crippen molar-refractivity contribution in [1.29, 1.82) is 0 Å². The number of nitrogens with zero attached hydrogens (tertiary/aromatic N) is 1. The zero-order valence-corrected chi connectivity index (χ0v) is 11.0. The Morgan fingerprint density at radius 1 is 1.40 bits per heavy atom. The van der Waals surface area contributed by atoms with E-state index in [1.54, 1.807) is 11.3 Å². The standard InChI is InChI=1S/C9H13NOS2.C2H6/c11-5-8-6-13-9(10-8)7-1-3-12-4-2-7;1-2/h6-7,11H,1-5H2;1-2H3. The van der Waals surface area contributed by atoms with Crippen LogP contribution in [0.2, 0.25) is 0 Å². The van der Waals surface area contributed by atoms with E-state index in [2.05, 4.69) is 4.98 Å². The van der Waals surface area contributed by atoms with Crippen LogP contribution in [0, 0.1) is 0 Å². The van der Waals surface area contributed by atoms with Gasteiger partial charge in [0.15, 0.2) is 0 Å². The molecule has 4 heteroatoms. The lowest BCUT2D eigenvalue weighted by molar-refractivity contribution is 0.277. The molecular formula is C11H19NOS2. The number of thiazole rings is 1. The Bertz CT molecular complexity index is 269. The van der Waals surface area contributed by atoms with Crippen LogP contribution in [0.3, 0.4) is 0 Å². The van der Waals surface area contributed by atoms with Gasteiger partial charge in [-0.15, -0.1) is 11.3 Å². The summed E-state index contributed by atoms with van der Waals surface area (Å²) in [4.78, 5) is 4.41. The largest absolute Gasteiger partial charge is 0.390 e. The summed E-state index contributed by atoms with van der Waals surface area (Å²) in [7, 11) is 0. The monoisotopic (exact) mass is 245 g/mol. The van der Waals surface area contributed by atoms with Crippen LogP contribution in [0.25, 0.3) is 0 Å². The lowest BCUT2D eigenvalue weighted by Crippen LogP contribution is -2.07. The molecule has 15 heavy (non-hydrogen) atoms. The second-order valence-corrected chi connectivity index (χ2v) is 5.34. The van der Waals surface area contributed by atoms with Crippen LogP contribution in [0.5, 0.6) is 0 Å². The van der Waals surface area contributed by atoms with E-state index in [1.165, 1.54) is 29.4 Å². The molecule has 1 saturated heterocycles. The van der Waals surface area contributed by atoms with Crippen LogP contribution >= 0.6 is 23.1 Å². The van der Waals surface area contributed by atoms with Crippen LogP contribution in [0.4, 0.5) is 0 Å². The van der Waals surface area contributed by atoms with Crippen molar-refractivity contribution in [3.8, 4) is 0 Å². The lowest BCUT2D eigenvalue weighted by Gasteiger charge is -2.18. The number of hydrogen-bond donors (Lipinski definition) is 1. The molecule has 0 amide bonds. The molecule has 0 radical (unpaired) electrons. The molecule has 1 aliphatic heterocycles. The summed E-state index contributed by atoms with van der Waals surface area (Å²) < 4.78 is 0. The summed E-state index contributed by atoms with van der Waals surface area (Å²) in [5, 5.41) is 12.1. The van der Waals surface area contributed by atoms with Gasteiger partial charge in [0, 0.05) is 11.3 Å². The van der Waals surface area contributed by atoms with Crippen molar-refractivity contribution in [3.05, 3.63) is 16.1 Å². The van der Waals surface area contributed by atoms with Gasteiger partial charge in [0.05, 0.1) is 17.3 Å². The first-order valence-electron chi connectivity index (χ1n) is 5.53. The van der Waals surface area contributed by atoms with E-state index in [9.17, 15) is 0 Å². The molecule has 0 bridgehead atoms. The van der Waals surface area contributed by atoms with E-state index in [-0.39, 0.29) is 6.61 Å². The van der Waals surface area contributed by atoms with E-state index in [4.69, 9.17) is 5.11 Å². The van der Waals surface area contributed by atoms with Crippen LogP contribution in [0.1, 0.15) is 43.3 Å². The highest BCUT2D eigenvalue weighted by molar-refractivity contribution is 7.99. The Morgan fingerprint density at radius 2 is 2.07 bits per heavy atom. The van der Waals surface area contributed by atoms with Crippen molar-refractivity contribution in [2.24, 2.45) is 0 Å². The van der Waals surface area contributed by atoms with Gasteiger partial charge in [-0.05, 0) is 24.3 Å². The van der Waals surface area contributed by atoms with Gasteiger partial charge in [-0.3, -0.25) is 0 Å². The summed E-state index contributed by atoms with van der Waals surface area (Å²) in [6.45, 7) is 4.08. The molecular weight excluding hydrogens is 226 g/mol. The van der Waals surface area contributed by atoms with Crippen molar-refractivity contribution < 1.29 is 5.11 Å². The highest BCUT2D eigenvalue weighted by Crippen LogP contribution is 2.33. The van der Waals surface area contributed by atoms with Crippen LogP contribution in [-0.4, -0.2) is 21.6 Å². The predicted molar refractivity (Wildman–Crippen MR) is 68.7 cm³/mol. The third-order valence-electron chi connectivity index (χ3n) is 2.30. The summed E-state index contributed by atoms with van der Waals surface area (Å²) in [6, 6.07) is 0. The number of aromatic nitrogens is 1. The Hall–Kier alpha value is -0.0600. The van der Waals surface area contributed by atoms with Crippen molar-refractivity contribution >= 4 is 23.1 Å². The summed E-state index contributed by atoms with van der Waals surface area (Å²) in [6.07, 6.45) is 2.51. The van der Waals surface area contributed by atoms with Gasteiger partial charge in [-0.1, -0.05) is 13.8 Å². The Kier molecular flexibility index (Phi) is 6.29. The fourth-order valence-electron chi connectivity index (χ4n) is 1.53. The van der Waals surface area contributed by atoms with Gasteiger partial charge < -0.3 is 5.11 Å². The van der Waals surface area contributed by atoms with Crippen molar-refractivity contribution in [2.45, 2.75) is 39.2 Å². The summed E-state index contributed by atoms with van der Waals surface area (Å²) >= 11 is 3.73. The van der Waals surface area contributed by atoms with E-state index >= 15 is 0 Å². The van der Waals surface area contributed by atoms with E-state index < -0.39 is 0 Å². The molecule has 0 atom stereocenters. The molecule has 0 unspecified atom stereocenters. The van der Waals surface area contributed by atoms with Gasteiger partial charge in [-0.25, -0.2) is 4.98 Å². The van der Waals surface area contributed by atoms with Crippen LogP contribution < -0.4 is 0 Å². The molecule has 0 aromatic carbocycles. The normalized spacial score (nSPS) is 17.0. The van der Waals surface area contributed by atoms with Gasteiger partial charge in [-0.2, -0.15) is 11.8 Å². The Labute approximate surface area is 100 Å². The lowest BCUT2D eigenvalue weighted by atomic mass is 10.0. The molecule has 0 saturated carbocycles. The molecule has 1 aromatic heterocycles.